The number of aliphatic hydroxyl groups excluding tert-OH is 1. The Morgan fingerprint density at radius 1 is 0.895 bits per heavy atom. The summed E-state index contributed by atoms with van der Waals surface area (Å²) in [7, 11) is 0. The zero-order valence-corrected chi connectivity index (χ0v) is 12.0. The van der Waals surface area contributed by atoms with E-state index in [1.54, 1.807) is 0 Å². The molecule has 0 saturated heterocycles. The number of hydrogen-bond donors (Lipinski definition) is 1. The predicted octanol–water partition coefficient (Wildman–Crippen LogP) is 3.40. The van der Waals surface area contributed by atoms with E-state index in [0.29, 0.717) is 13.2 Å². The van der Waals surface area contributed by atoms with E-state index < -0.39 is 0 Å². The summed E-state index contributed by atoms with van der Waals surface area (Å²) in [5, 5.41) is 9.15. The summed E-state index contributed by atoms with van der Waals surface area (Å²) < 4.78 is 12.0. The van der Waals surface area contributed by atoms with Gasteiger partial charge in [-0.25, -0.2) is 0 Å². The summed E-state index contributed by atoms with van der Waals surface area (Å²) in [6.07, 6.45) is 0. The van der Waals surface area contributed by atoms with Crippen LogP contribution in [-0.4, -0.2) is 18.3 Å². The third-order valence-electron chi connectivity index (χ3n) is 2.55. The first-order valence-electron chi connectivity index (χ1n) is 5.99. The third kappa shape index (κ3) is 4.26. The third-order valence-corrected chi connectivity index (χ3v) is 3.33. The van der Waals surface area contributed by atoms with Crippen molar-refractivity contribution >= 4 is 15.9 Å². The van der Waals surface area contributed by atoms with Crippen molar-refractivity contribution in [3.05, 3.63) is 58.6 Å². The second kappa shape index (κ2) is 7.16. The molecule has 0 saturated carbocycles. The Hall–Kier alpha value is -1.52. The van der Waals surface area contributed by atoms with Gasteiger partial charge in [0.15, 0.2) is 0 Å². The van der Waals surface area contributed by atoms with E-state index in [2.05, 4.69) is 15.9 Å². The maximum atomic E-state index is 9.15. The van der Waals surface area contributed by atoms with Gasteiger partial charge in [-0.05, 0) is 35.9 Å². The van der Waals surface area contributed by atoms with Crippen LogP contribution in [0.15, 0.2) is 53.0 Å². The molecular weight excluding hydrogens is 308 g/mol. The highest BCUT2D eigenvalue weighted by Gasteiger charge is 2.01. The van der Waals surface area contributed by atoms with Crippen LogP contribution in [0.1, 0.15) is 5.56 Å². The Morgan fingerprint density at radius 3 is 2.26 bits per heavy atom. The molecule has 0 amide bonds. The van der Waals surface area contributed by atoms with Crippen LogP contribution in [0.4, 0.5) is 0 Å². The number of para-hydroxylation sites is 1. The van der Waals surface area contributed by atoms with Crippen LogP contribution in [0.5, 0.6) is 11.5 Å². The van der Waals surface area contributed by atoms with E-state index in [1.807, 2.05) is 48.5 Å². The van der Waals surface area contributed by atoms with Crippen LogP contribution in [0.2, 0.25) is 0 Å². The second-order valence-corrected chi connectivity index (χ2v) is 4.78. The first-order chi connectivity index (χ1) is 9.29. The highest BCUT2D eigenvalue weighted by molar-refractivity contribution is 9.10. The average molecular weight is 323 g/mol. The fourth-order valence-corrected chi connectivity index (χ4v) is 1.97. The normalized spacial score (nSPS) is 10.2. The van der Waals surface area contributed by atoms with Gasteiger partial charge in [-0.1, -0.05) is 34.1 Å². The molecule has 0 heterocycles. The van der Waals surface area contributed by atoms with Gasteiger partial charge in [0.1, 0.15) is 24.7 Å². The first-order valence-corrected chi connectivity index (χ1v) is 6.79. The highest BCUT2D eigenvalue weighted by Crippen LogP contribution is 2.22. The average Bonchev–Trinajstić information content (AvgIpc) is 2.46. The van der Waals surface area contributed by atoms with Crippen LogP contribution >= 0.6 is 15.9 Å². The standard InChI is InChI=1S/C15H15BrO3/c16-15-7-6-14(10-12(15)11-17)19-9-8-18-13-4-2-1-3-5-13/h1-7,10,17H,8-9,11H2. The fourth-order valence-electron chi connectivity index (χ4n) is 1.60. The van der Waals surface area contributed by atoms with Crippen LogP contribution in [0.3, 0.4) is 0 Å². The molecule has 0 bridgehead atoms. The Morgan fingerprint density at radius 2 is 1.58 bits per heavy atom. The molecule has 0 aliphatic heterocycles. The molecule has 0 spiro atoms. The number of hydrogen-bond acceptors (Lipinski definition) is 3. The molecular formula is C15H15BrO3. The van der Waals surface area contributed by atoms with Crippen LogP contribution < -0.4 is 9.47 Å². The molecule has 0 aromatic heterocycles. The van der Waals surface area contributed by atoms with Crippen molar-refractivity contribution in [1.82, 2.24) is 0 Å². The van der Waals surface area contributed by atoms with Crippen molar-refractivity contribution in [2.45, 2.75) is 6.61 Å². The number of rotatable bonds is 6. The number of ether oxygens (including phenoxy) is 2. The van der Waals surface area contributed by atoms with Gasteiger partial charge in [-0.15, -0.1) is 0 Å². The highest BCUT2D eigenvalue weighted by atomic mass is 79.9. The van der Waals surface area contributed by atoms with Gasteiger partial charge >= 0.3 is 0 Å². The van der Waals surface area contributed by atoms with Crippen LogP contribution in [0.25, 0.3) is 0 Å². The Bertz CT molecular complexity index is 514. The topological polar surface area (TPSA) is 38.7 Å². The van der Waals surface area contributed by atoms with Crippen LogP contribution in [-0.2, 0) is 6.61 Å². The predicted molar refractivity (Wildman–Crippen MR) is 77.5 cm³/mol. The summed E-state index contributed by atoms with van der Waals surface area (Å²) in [6.45, 7) is 0.925. The fraction of sp³-hybridized carbons (Fsp3) is 0.200. The zero-order valence-electron chi connectivity index (χ0n) is 10.4. The molecule has 3 nitrogen and oxygen atoms in total. The molecule has 0 aliphatic rings. The quantitative estimate of drug-likeness (QED) is 0.828. The van der Waals surface area contributed by atoms with Gasteiger partial charge in [0.2, 0.25) is 0 Å². The van der Waals surface area contributed by atoms with Crippen molar-refractivity contribution in [1.29, 1.82) is 0 Å². The molecule has 0 radical (unpaired) electrons. The Balaban J connectivity index is 1.80. The molecule has 100 valence electrons. The summed E-state index contributed by atoms with van der Waals surface area (Å²) in [6, 6.07) is 15.1. The molecule has 2 aromatic carbocycles. The van der Waals surface area contributed by atoms with Crippen LogP contribution in [0, 0.1) is 0 Å². The monoisotopic (exact) mass is 322 g/mol. The molecule has 0 aliphatic carbocycles. The second-order valence-electron chi connectivity index (χ2n) is 3.92. The summed E-state index contributed by atoms with van der Waals surface area (Å²) in [4.78, 5) is 0. The van der Waals surface area contributed by atoms with E-state index in [0.717, 1.165) is 21.5 Å². The lowest BCUT2D eigenvalue weighted by molar-refractivity contribution is 0.216. The molecule has 1 N–H and O–H groups in total. The van der Waals surface area contributed by atoms with Crippen molar-refractivity contribution in [2.75, 3.05) is 13.2 Å². The lowest BCUT2D eigenvalue weighted by Crippen LogP contribution is -2.09. The largest absolute Gasteiger partial charge is 0.490 e. The summed E-state index contributed by atoms with van der Waals surface area (Å²) in [5.74, 6) is 1.56. The Kier molecular flexibility index (Phi) is 5.24. The summed E-state index contributed by atoms with van der Waals surface area (Å²) >= 11 is 3.36. The maximum absolute atomic E-state index is 9.15. The number of benzene rings is 2. The van der Waals surface area contributed by atoms with Gasteiger partial charge in [0, 0.05) is 4.47 Å². The molecule has 19 heavy (non-hydrogen) atoms. The van der Waals surface area contributed by atoms with E-state index in [4.69, 9.17) is 14.6 Å². The molecule has 2 aromatic rings. The van der Waals surface area contributed by atoms with Crippen molar-refractivity contribution in [3.8, 4) is 11.5 Å². The van der Waals surface area contributed by atoms with E-state index in [9.17, 15) is 0 Å². The van der Waals surface area contributed by atoms with E-state index >= 15 is 0 Å². The van der Waals surface area contributed by atoms with Gasteiger partial charge < -0.3 is 14.6 Å². The minimum absolute atomic E-state index is 0.0156. The lowest BCUT2D eigenvalue weighted by Gasteiger charge is -2.09. The molecule has 4 heteroatoms. The van der Waals surface area contributed by atoms with Gasteiger partial charge in [0.25, 0.3) is 0 Å². The minimum Gasteiger partial charge on any atom is -0.490 e. The lowest BCUT2D eigenvalue weighted by atomic mass is 10.2. The van der Waals surface area contributed by atoms with Gasteiger partial charge in [-0.3, -0.25) is 0 Å². The van der Waals surface area contributed by atoms with Gasteiger partial charge in [0.05, 0.1) is 6.61 Å². The molecule has 0 unspecified atom stereocenters. The number of aliphatic hydroxyl groups is 1. The molecule has 0 atom stereocenters. The van der Waals surface area contributed by atoms with E-state index in [-0.39, 0.29) is 6.61 Å². The van der Waals surface area contributed by atoms with Crippen molar-refractivity contribution in [3.63, 3.8) is 0 Å². The zero-order chi connectivity index (χ0) is 13.5. The SMILES string of the molecule is OCc1cc(OCCOc2ccccc2)ccc1Br. The molecule has 0 fully saturated rings. The number of halogens is 1. The first kappa shape index (κ1) is 13.9. The Labute approximate surface area is 120 Å². The maximum Gasteiger partial charge on any atom is 0.122 e. The van der Waals surface area contributed by atoms with E-state index in [1.165, 1.54) is 0 Å². The smallest absolute Gasteiger partial charge is 0.122 e. The minimum atomic E-state index is -0.0156. The van der Waals surface area contributed by atoms with Crippen molar-refractivity contribution < 1.29 is 14.6 Å². The van der Waals surface area contributed by atoms with Crippen molar-refractivity contribution in [2.24, 2.45) is 0 Å². The molecule has 2 rings (SSSR count). The van der Waals surface area contributed by atoms with Gasteiger partial charge in [-0.2, -0.15) is 0 Å². The summed E-state index contributed by atoms with van der Waals surface area (Å²) in [5.41, 5.74) is 0.807.